The first-order valence-electron chi connectivity index (χ1n) is 6.90. The van der Waals surface area contributed by atoms with Crippen molar-refractivity contribution < 1.29 is 9.59 Å². The summed E-state index contributed by atoms with van der Waals surface area (Å²) in [5.41, 5.74) is 0.462. The molecular formula is C14H24N4O2. The Balaban J connectivity index is 2.55. The monoisotopic (exact) mass is 280 g/mol. The fourth-order valence-corrected chi connectivity index (χ4v) is 1.54. The van der Waals surface area contributed by atoms with Crippen molar-refractivity contribution in [3.63, 3.8) is 0 Å². The van der Waals surface area contributed by atoms with Gasteiger partial charge in [0.2, 0.25) is 11.8 Å². The maximum atomic E-state index is 12.0. The predicted molar refractivity (Wildman–Crippen MR) is 78.3 cm³/mol. The maximum absolute atomic E-state index is 12.0. The fraction of sp³-hybridized carbons (Fsp3) is 0.643. The molecular weight excluding hydrogens is 256 g/mol. The number of nitrogens with zero attached hydrogens (tertiary/aromatic N) is 1. The molecule has 1 aromatic rings. The summed E-state index contributed by atoms with van der Waals surface area (Å²) in [4.78, 5) is 23.8. The van der Waals surface area contributed by atoms with Gasteiger partial charge in [0.15, 0.2) is 5.82 Å². The van der Waals surface area contributed by atoms with E-state index in [2.05, 4.69) is 27.8 Å². The largest absolute Gasteiger partial charge is 0.344 e. The number of aromatic amines is 1. The quantitative estimate of drug-likeness (QED) is 0.769. The molecule has 1 atom stereocenters. The minimum atomic E-state index is -0.604. The van der Waals surface area contributed by atoms with Gasteiger partial charge in [-0.15, -0.1) is 0 Å². The van der Waals surface area contributed by atoms with Crippen molar-refractivity contribution in [1.29, 1.82) is 0 Å². The van der Waals surface area contributed by atoms with Crippen LogP contribution in [0.5, 0.6) is 0 Å². The molecule has 0 aliphatic heterocycles. The number of hydrogen-bond donors (Lipinski definition) is 3. The number of rotatable bonds is 5. The van der Waals surface area contributed by atoms with Gasteiger partial charge < -0.3 is 10.6 Å². The molecule has 112 valence electrons. The number of amides is 2. The first-order chi connectivity index (χ1) is 9.24. The molecule has 2 amide bonds. The van der Waals surface area contributed by atoms with E-state index in [9.17, 15) is 9.59 Å². The molecule has 3 N–H and O–H groups in total. The Morgan fingerprint density at radius 2 is 2.05 bits per heavy atom. The minimum Gasteiger partial charge on any atom is -0.344 e. The zero-order valence-corrected chi connectivity index (χ0v) is 12.8. The van der Waals surface area contributed by atoms with Gasteiger partial charge in [0, 0.05) is 17.2 Å². The maximum Gasteiger partial charge on any atom is 0.247 e. The second kappa shape index (κ2) is 6.54. The van der Waals surface area contributed by atoms with Crippen LogP contribution in [0.4, 0.5) is 5.82 Å². The zero-order valence-electron chi connectivity index (χ0n) is 12.8. The zero-order chi connectivity index (χ0) is 15.3. The number of hydrogen-bond acceptors (Lipinski definition) is 3. The standard InChI is InChI=1S/C14H24N4O2/c1-6-7-10-8-11(18-17-10)16-12(19)9(2)15-13(20)14(3,4)5/h8-9H,6-7H2,1-5H3,(H,15,20)(H2,16,17,18,19). The second-order valence-corrected chi connectivity index (χ2v) is 5.96. The van der Waals surface area contributed by atoms with E-state index in [1.807, 2.05) is 0 Å². The van der Waals surface area contributed by atoms with Crippen molar-refractivity contribution in [2.75, 3.05) is 5.32 Å². The van der Waals surface area contributed by atoms with Gasteiger partial charge in [-0.05, 0) is 13.3 Å². The Kier molecular flexibility index (Phi) is 5.30. The van der Waals surface area contributed by atoms with Gasteiger partial charge in [0.05, 0.1) is 0 Å². The third-order valence-corrected chi connectivity index (χ3v) is 2.82. The van der Waals surface area contributed by atoms with Crippen molar-refractivity contribution in [2.45, 2.75) is 53.5 Å². The molecule has 0 bridgehead atoms. The highest BCUT2D eigenvalue weighted by Gasteiger charge is 2.25. The van der Waals surface area contributed by atoms with Crippen molar-refractivity contribution in [3.05, 3.63) is 11.8 Å². The summed E-state index contributed by atoms with van der Waals surface area (Å²) in [7, 11) is 0. The lowest BCUT2D eigenvalue weighted by atomic mass is 9.95. The number of carbonyl (C=O) groups excluding carboxylic acids is 2. The molecule has 1 unspecified atom stereocenters. The minimum absolute atomic E-state index is 0.158. The van der Waals surface area contributed by atoms with Crippen LogP contribution in [-0.4, -0.2) is 28.1 Å². The average Bonchev–Trinajstić information content (AvgIpc) is 2.75. The highest BCUT2D eigenvalue weighted by molar-refractivity contribution is 5.96. The normalized spacial score (nSPS) is 12.8. The third kappa shape index (κ3) is 4.68. The summed E-state index contributed by atoms with van der Waals surface area (Å²) in [6.07, 6.45) is 1.90. The molecule has 0 radical (unpaired) electrons. The molecule has 0 aliphatic rings. The third-order valence-electron chi connectivity index (χ3n) is 2.82. The van der Waals surface area contributed by atoms with Gasteiger partial charge >= 0.3 is 0 Å². The van der Waals surface area contributed by atoms with Crippen LogP contribution in [0.2, 0.25) is 0 Å². The first kappa shape index (κ1) is 16.2. The number of carbonyl (C=O) groups is 2. The first-order valence-corrected chi connectivity index (χ1v) is 6.90. The van der Waals surface area contributed by atoms with Gasteiger partial charge in [-0.1, -0.05) is 34.1 Å². The molecule has 0 saturated carbocycles. The number of nitrogens with one attached hydrogen (secondary N) is 3. The Morgan fingerprint density at radius 1 is 1.40 bits per heavy atom. The summed E-state index contributed by atoms with van der Waals surface area (Å²) in [5, 5.41) is 12.2. The van der Waals surface area contributed by atoms with Crippen molar-refractivity contribution >= 4 is 17.6 Å². The van der Waals surface area contributed by atoms with Crippen molar-refractivity contribution in [2.24, 2.45) is 5.41 Å². The van der Waals surface area contributed by atoms with Crippen LogP contribution in [0.15, 0.2) is 6.07 Å². The van der Waals surface area contributed by atoms with Crippen LogP contribution in [0.25, 0.3) is 0 Å². The van der Waals surface area contributed by atoms with E-state index in [1.54, 1.807) is 33.8 Å². The smallest absolute Gasteiger partial charge is 0.247 e. The van der Waals surface area contributed by atoms with Gasteiger partial charge in [-0.2, -0.15) is 5.10 Å². The van der Waals surface area contributed by atoms with Crippen LogP contribution in [0.3, 0.4) is 0 Å². The molecule has 1 heterocycles. The summed E-state index contributed by atoms with van der Waals surface area (Å²) < 4.78 is 0. The Morgan fingerprint density at radius 3 is 2.60 bits per heavy atom. The highest BCUT2D eigenvalue weighted by Crippen LogP contribution is 2.13. The molecule has 1 aromatic heterocycles. The van der Waals surface area contributed by atoms with E-state index in [0.29, 0.717) is 5.82 Å². The van der Waals surface area contributed by atoms with E-state index < -0.39 is 11.5 Å². The van der Waals surface area contributed by atoms with E-state index in [0.717, 1.165) is 18.5 Å². The lowest BCUT2D eigenvalue weighted by Gasteiger charge is -2.21. The molecule has 6 nitrogen and oxygen atoms in total. The Labute approximate surface area is 119 Å². The van der Waals surface area contributed by atoms with Crippen LogP contribution in [-0.2, 0) is 16.0 Å². The number of anilines is 1. The topological polar surface area (TPSA) is 86.9 Å². The van der Waals surface area contributed by atoms with Gasteiger partial charge in [0.1, 0.15) is 6.04 Å². The van der Waals surface area contributed by atoms with Crippen LogP contribution in [0, 0.1) is 5.41 Å². The number of aryl methyl sites for hydroxylation is 1. The van der Waals surface area contributed by atoms with Crippen LogP contribution < -0.4 is 10.6 Å². The van der Waals surface area contributed by atoms with E-state index in [4.69, 9.17) is 0 Å². The fourth-order valence-electron chi connectivity index (χ4n) is 1.54. The SMILES string of the molecule is CCCc1cc(NC(=O)C(C)NC(=O)C(C)(C)C)n[nH]1. The Bertz CT molecular complexity index is 474. The molecule has 0 spiro atoms. The molecule has 0 aliphatic carbocycles. The number of H-pyrrole nitrogens is 1. The van der Waals surface area contributed by atoms with Crippen molar-refractivity contribution in [1.82, 2.24) is 15.5 Å². The predicted octanol–water partition coefficient (Wildman–Crippen LogP) is 1.85. The van der Waals surface area contributed by atoms with Crippen LogP contribution >= 0.6 is 0 Å². The molecule has 0 aromatic carbocycles. The van der Waals surface area contributed by atoms with Crippen molar-refractivity contribution in [3.8, 4) is 0 Å². The summed E-state index contributed by atoms with van der Waals surface area (Å²) in [5.74, 6) is 0.0429. The number of aromatic nitrogens is 2. The lowest BCUT2D eigenvalue weighted by molar-refractivity contribution is -0.131. The van der Waals surface area contributed by atoms with E-state index >= 15 is 0 Å². The molecule has 20 heavy (non-hydrogen) atoms. The van der Waals surface area contributed by atoms with E-state index in [1.165, 1.54) is 0 Å². The summed E-state index contributed by atoms with van der Waals surface area (Å²) in [6, 6.07) is 1.20. The molecule has 0 fully saturated rings. The second-order valence-electron chi connectivity index (χ2n) is 5.96. The van der Waals surface area contributed by atoms with Gasteiger partial charge in [-0.25, -0.2) is 0 Å². The summed E-state index contributed by atoms with van der Waals surface area (Å²) in [6.45, 7) is 9.13. The van der Waals surface area contributed by atoms with E-state index in [-0.39, 0.29) is 11.8 Å². The molecule has 0 saturated heterocycles. The average molecular weight is 280 g/mol. The molecule has 6 heteroatoms. The van der Waals surface area contributed by atoms with Gasteiger partial charge in [-0.3, -0.25) is 14.7 Å². The summed E-state index contributed by atoms with van der Waals surface area (Å²) >= 11 is 0. The van der Waals surface area contributed by atoms with Crippen LogP contribution in [0.1, 0.15) is 46.7 Å². The lowest BCUT2D eigenvalue weighted by Crippen LogP contribution is -2.46. The Hall–Kier alpha value is -1.85. The van der Waals surface area contributed by atoms with Gasteiger partial charge in [0.25, 0.3) is 0 Å². The molecule has 1 rings (SSSR count). The highest BCUT2D eigenvalue weighted by atomic mass is 16.2.